The first-order valence-electron chi connectivity index (χ1n) is 8.05. The van der Waals surface area contributed by atoms with Gasteiger partial charge in [-0.2, -0.15) is 0 Å². The van der Waals surface area contributed by atoms with Crippen molar-refractivity contribution in [2.24, 2.45) is 5.92 Å². The highest BCUT2D eigenvalue weighted by atomic mass is 16.1. The van der Waals surface area contributed by atoms with E-state index < -0.39 is 0 Å². The molecule has 108 valence electrons. The van der Waals surface area contributed by atoms with Crippen LogP contribution >= 0.6 is 0 Å². The minimum atomic E-state index is 0.252. The molecule has 2 saturated heterocycles. The average Bonchev–Trinajstić information content (AvgIpc) is 3.11. The van der Waals surface area contributed by atoms with Crippen LogP contribution in [0.3, 0.4) is 0 Å². The Morgan fingerprint density at radius 2 is 1.89 bits per heavy atom. The third kappa shape index (κ3) is 3.93. The highest BCUT2D eigenvalue weighted by molar-refractivity contribution is 5.76. The van der Waals surface area contributed by atoms with Crippen LogP contribution in [-0.2, 0) is 4.79 Å². The van der Waals surface area contributed by atoms with Gasteiger partial charge in [0.15, 0.2) is 0 Å². The molecule has 1 saturated carbocycles. The van der Waals surface area contributed by atoms with Crippen LogP contribution in [-0.4, -0.2) is 49.1 Å². The van der Waals surface area contributed by atoms with Gasteiger partial charge in [-0.25, -0.2) is 0 Å². The maximum Gasteiger partial charge on any atom is 0.221 e. The molecule has 0 spiro atoms. The van der Waals surface area contributed by atoms with Crippen molar-refractivity contribution in [1.82, 2.24) is 15.5 Å². The summed E-state index contributed by atoms with van der Waals surface area (Å²) in [5.74, 6) is 1.16. The first kappa shape index (κ1) is 13.4. The number of carbonyl (C=O) groups is 1. The van der Waals surface area contributed by atoms with E-state index in [0.717, 1.165) is 25.4 Å². The van der Waals surface area contributed by atoms with Crippen molar-refractivity contribution in [3.63, 3.8) is 0 Å². The maximum absolute atomic E-state index is 11.8. The summed E-state index contributed by atoms with van der Waals surface area (Å²) in [5, 5.41) is 6.62. The van der Waals surface area contributed by atoms with Gasteiger partial charge in [0, 0.05) is 38.1 Å². The molecule has 0 aromatic heterocycles. The van der Waals surface area contributed by atoms with Crippen molar-refractivity contribution >= 4 is 5.91 Å². The lowest BCUT2D eigenvalue weighted by atomic mass is 10.0. The van der Waals surface area contributed by atoms with Gasteiger partial charge in [0.05, 0.1) is 0 Å². The Hall–Kier alpha value is -0.610. The van der Waals surface area contributed by atoms with E-state index in [2.05, 4.69) is 15.5 Å². The van der Waals surface area contributed by atoms with Gasteiger partial charge in [0.25, 0.3) is 0 Å². The van der Waals surface area contributed by atoms with Crippen LogP contribution in [0.2, 0.25) is 0 Å². The molecule has 2 atom stereocenters. The fourth-order valence-corrected chi connectivity index (χ4v) is 3.47. The molecular formula is C15H27N3O. The van der Waals surface area contributed by atoms with Crippen LogP contribution in [0, 0.1) is 5.92 Å². The van der Waals surface area contributed by atoms with E-state index in [4.69, 9.17) is 0 Å². The summed E-state index contributed by atoms with van der Waals surface area (Å²) in [6.45, 7) is 4.41. The van der Waals surface area contributed by atoms with E-state index >= 15 is 0 Å². The van der Waals surface area contributed by atoms with Gasteiger partial charge in [0.2, 0.25) is 5.91 Å². The van der Waals surface area contributed by atoms with Crippen molar-refractivity contribution in [1.29, 1.82) is 0 Å². The standard InChI is InChI=1S/C15H27N3O/c19-15-9-14(4-2-8-17-15)18(10-12-5-6-12)11-13-3-1-7-16-13/h12-14,16H,1-11H2,(H,17,19). The van der Waals surface area contributed by atoms with Gasteiger partial charge < -0.3 is 10.6 Å². The predicted octanol–water partition coefficient (Wildman–Crippen LogP) is 1.12. The zero-order valence-corrected chi connectivity index (χ0v) is 11.9. The quantitative estimate of drug-likeness (QED) is 0.783. The number of hydrogen-bond acceptors (Lipinski definition) is 3. The van der Waals surface area contributed by atoms with Crippen molar-refractivity contribution < 1.29 is 4.79 Å². The number of nitrogens with zero attached hydrogens (tertiary/aromatic N) is 1. The monoisotopic (exact) mass is 265 g/mol. The first-order valence-corrected chi connectivity index (χ1v) is 8.05. The van der Waals surface area contributed by atoms with E-state index in [1.807, 2.05) is 0 Å². The molecule has 4 heteroatoms. The van der Waals surface area contributed by atoms with Crippen molar-refractivity contribution in [2.45, 2.75) is 57.0 Å². The van der Waals surface area contributed by atoms with Gasteiger partial charge in [0.1, 0.15) is 0 Å². The number of nitrogens with one attached hydrogen (secondary N) is 2. The summed E-state index contributed by atoms with van der Waals surface area (Å²) >= 11 is 0. The summed E-state index contributed by atoms with van der Waals surface area (Å²) in [7, 11) is 0. The molecule has 0 radical (unpaired) electrons. The molecule has 0 aromatic carbocycles. The molecule has 2 N–H and O–H groups in total. The van der Waals surface area contributed by atoms with Crippen molar-refractivity contribution in [3.8, 4) is 0 Å². The molecule has 19 heavy (non-hydrogen) atoms. The third-order valence-corrected chi connectivity index (χ3v) is 4.78. The lowest BCUT2D eigenvalue weighted by Crippen LogP contribution is -2.45. The van der Waals surface area contributed by atoms with E-state index in [0.29, 0.717) is 18.5 Å². The third-order valence-electron chi connectivity index (χ3n) is 4.78. The summed E-state index contributed by atoms with van der Waals surface area (Å²) in [4.78, 5) is 14.4. The maximum atomic E-state index is 11.8. The Bertz CT molecular complexity index is 311. The zero-order valence-electron chi connectivity index (χ0n) is 11.9. The second-order valence-electron chi connectivity index (χ2n) is 6.54. The largest absolute Gasteiger partial charge is 0.356 e. The predicted molar refractivity (Wildman–Crippen MR) is 76.0 cm³/mol. The van der Waals surface area contributed by atoms with Gasteiger partial charge in [-0.1, -0.05) is 0 Å². The van der Waals surface area contributed by atoms with Crippen LogP contribution in [0.5, 0.6) is 0 Å². The smallest absolute Gasteiger partial charge is 0.221 e. The Morgan fingerprint density at radius 3 is 2.63 bits per heavy atom. The van der Waals surface area contributed by atoms with Crippen LogP contribution in [0.4, 0.5) is 0 Å². The number of hydrogen-bond donors (Lipinski definition) is 2. The Morgan fingerprint density at radius 1 is 1.05 bits per heavy atom. The summed E-state index contributed by atoms with van der Waals surface area (Å²) in [6, 6.07) is 1.13. The molecule has 1 aliphatic carbocycles. The molecule has 3 aliphatic rings. The van der Waals surface area contributed by atoms with Gasteiger partial charge in [-0.15, -0.1) is 0 Å². The second-order valence-corrected chi connectivity index (χ2v) is 6.54. The lowest BCUT2D eigenvalue weighted by Gasteiger charge is -2.32. The number of rotatable bonds is 5. The fourth-order valence-electron chi connectivity index (χ4n) is 3.47. The lowest BCUT2D eigenvalue weighted by molar-refractivity contribution is -0.121. The number of amides is 1. The summed E-state index contributed by atoms with van der Waals surface area (Å²) in [5.41, 5.74) is 0. The van der Waals surface area contributed by atoms with E-state index in [1.165, 1.54) is 45.2 Å². The summed E-state index contributed by atoms with van der Waals surface area (Å²) in [6.07, 6.45) is 8.43. The van der Waals surface area contributed by atoms with Crippen molar-refractivity contribution in [3.05, 3.63) is 0 Å². The molecule has 2 aliphatic heterocycles. The fraction of sp³-hybridized carbons (Fsp3) is 0.933. The molecule has 3 rings (SSSR count). The normalized spacial score (nSPS) is 32.4. The van der Waals surface area contributed by atoms with Gasteiger partial charge >= 0.3 is 0 Å². The van der Waals surface area contributed by atoms with E-state index in [-0.39, 0.29) is 5.91 Å². The van der Waals surface area contributed by atoms with Gasteiger partial charge in [-0.3, -0.25) is 9.69 Å². The highest BCUT2D eigenvalue weighted by Crippen LogP contribution is 2.31. The van der Waals surface area contributed by atoms with Crippen LogP contribution in [0.25, 0.3) is 0 Å². The molecule has 3 fully saturated rings. The topological polar surface area (TPSA) is 44.4 Å². The van der Waals surface area contributed by atoms with Crippen LogP contribution in [0.1, 0.15) is 44.9 Å². The molecule has 4 nitrogen and oxygen atoms in total. The molecule has 2 heterocycles. The molecule has 0 bridgehead atoms. The molecule has 1 amide bonds. The Kier molecular flexibility index (Phi) is 4.38. The minimum Gasteiger partial charge on any atom is -0.356 e. The SMILES string of the molecule is O=C1CC(N(CC2CC2)CC2CCCN2)CCCN1. The molecule has 2 unspecified atom stereocenters. The minimum absolute atomic E-state index is 0.252. The first-order chi connectivity index (χ1) is 9.31. The number of carbonyl (C=O) groups excluding carboxylic acids is 1. The molecule has 0 aromatic rings. The summed E-state index contributed by atoms with van der Waals surface area (Å²) < 4.78 is 0. The van der Waals surface area contributed by atoms with Crippen molar-refractivity contribution in [2.75, 3.05) is 26.2 Å². The second kappa shape index (κ2) is 6.23. The highest BCUT2D eigenvalue weighted by Gasteiger charge is 2.31. The zero-order chi connectivity index (χ0) is 13.1. The molecular weight excluding hydrogens is 238 g/mol. The van der Waals surface area contributed by atoms with Gasteiger partial charge in [-0.05, 0) is 51.0 Å². The van der Waals surface area contributed by atoms with Crippen LogP contribution in [0.15, 0.2) is 0 Å². The Balaban J connectivity index is 1.60. The average molecular weight is 265 g/mol. The Labute approximate surface area is 116 Å². The van der Waals surface area contributed by atoms with Crippen LogP contribution < -0.4 is 10.6 Å². The van der Waals surface area contributed by atoms with E-state index in [1.54, 1.807) is 0 Å². The van der Waals surface area contributed by atoms with E-state index in [9.17, 15) is 4.79 Å².